The highest BCUT2D eigenvalue weighted by atomic mass is 79.9. The minimum absolute atomic E-state index is 0. The molecule has 1 aromatic carbocycles. The third kappa shape index (κ3) is 3.48. The molecule has 0 radical (unpaired) electrons. The fourth-order valence-corrected chi connectivity index (χ4v) is 3.65. The number of hydrogen-bond acceptors (Lipinski definition) is 4. The van der Waals surface area contributed by atoms with Gasteiger partial charge in [0.15, 0.2) is 6.29 Å². The van der Waals surface area contributed by atoms with E-state index in [-0.39, 0.29) is 23.3 Å². The Bertz CT molecular complexity index is 574. The minimum atomic E-state index is 0. The molecule has 1 fully saturated rings. The van der Waals surface area contributed by atoms with Crippen LogP contribution in [0.25, 0.3) is 0 Å². The fraction of sp³-hybridized carbons (Fsp3) is 0.286. The Balaban J connectivity index is 0.00000161. The Labute approximate surface area is 149 Å². The van der Waals surface area contributed by atoms with Gasteiger partial charge in [-0.2, -0.15) is 0 Å². The molecule has 3 rings (SSSR count). The zero-order chi connectivity index (χ0) is 14.1. The largest absolute Gasteiger partial charge is 0.350 e. The van der Waals surface area contributed by atoms with Gasteiger partial charge >= 0.3 is 0 Å². The van der Waals surface area contributed by atoms with Crippen LogP contribution in [0, 0.1) is 0 Å². The average Bonchev–Trinajstić information content (AvgIpc) is 3.04. The van der Waals surface area contributed by atoms with Crippen molar-refractivity contribution >= 4 is 62.2 Å². The summed E-state index contributed by atoms with van der Waals surface area (Å²) in [6.07, 6.45) is 0.0612. The zero-order valence-corrected chi connectivity index (χ0v) is 15.5. The summed E-state index contributed by atoms with van der Waals surface area (Å²) in [6.45, 7) is 1.98. The van der Waals surface area contributed by atoms with Gasteiger partial charge in [-0.15, -0.1) is 28.3 Å². The lowest BCUT2D eigenvalue weighted by molar-refractivity contribution is 0.340. The van der Waals surface area contributed by atoms with Crippen molar-refractivity contribution in [2.75, 3.05) is 30.4 Å². The van der Waals surface area contributed by atoms with Gasteiger partial charge in [0.1, 0.15) is 0 Å². The van der Waals surface area contributed by atoms with Crippen LogP contribution in [-0.2, 0) is 0 Å². The van der Waals surface area contributed by atoms with Gasteiger partial charge in [-0.25, -0.2) is 0 Å². The molecular formula is C14H16BrCl2N3S. The van der Waals surface area contributed by atoms with E-state index in [0.717, 1.165) is 18.8 Å². The number of para-hydroxylation sites is 1. The number of halogens is 3. The molecule has 0 bridgehead atoms. The summed E-state index contributed by atoms with van der Waals surface area (Å²) in [5, 5.41) is 8.08. The van der Waals surface area contributed by atoms with E-state index in [1.807, 2.05) is 18.2 Å². The van der Waals surface area contributed by atoms with Crippen LogP contribution in [0.3, 0.4) is 0 Å². The summed E-state index contributed by atoms with van der Waals surface area (Å²) in [4.78, 5) is 4.57. The summed E-state index contributed by atoms with van der Waals surface area (Å²) in [7, 11) is 2.09. The molecule has 21 heavy (non-hydrogen) atoms. The van der Waals surface area contributed by atoms with Crippen molar-refractivity contribution < 1.29 is 0 Å². The number of nitrogens with zero attached hydrogens (tertiary/aromatic N) is 2. The van der Waals surface area contributed by atoms with Crippen molar-refractivity contribution in [1.82, 2.24) is 4.90 Å². The third-order valence-electron chi connectivity index (χ3n) is 3.43. The second-order valence-corrected chi connectivity index (χ2v) is 6.48. The highest BCUT2D eigenvalue weighted by molar-refractivity contribution is 8.93. The van der Waals surface area contributed by atoms with Crippen LogP contribution in [0.4, 0.5) is 10.7 Å². The van der Waals surface area contributed by atoms with Crippen molar-refractivity contribution in [2.24, 2.45) is 0 Å². The molecule has 0 aliphatic carbocycles. The van der Waals surface area contributed by atoms with E-state index < -0.39 is 0 Å². The normalized spacial score (nSPS) is 18.6. The molecule has 0 amide bonds. The molecule has 7 heteroatoms. The van der Waals surface area contributed by atoms with Crippen molar-refractivity contribution in [3.05, 3.63) is 45.8 Å². The van der Waals surface area contributed by atoms with Gasteiger partial charge in [0.2, 0.25) is 0 Å². The van der Waals surface area contributed by atoms with Crippen molar-refractivity contribution in [2.45, 2.75) is 6.29 Å². The molecular weight excluding hydrogens is 393 g/mol. The Kier molecular flexibility index (Phi) is 5.80. The van der Waals surface area contributed by atoms with E-state index in [1.165, 1.54) is 5.00 Å². The molecule has 1 aromatic heterocycles. The molecule has 1 unspecified atom stereocenters. The first-order valence-corrected chi connectivity index (χ1v) is 8.01. The molecule has 1 saturated heterocycles. The highest BCUT2D eigenvalue weighted by Gasteiger charge is 2.30. The molecule has 0 saturated carbocycles. The van der Waals surface area contributed by atoms with Crippen LogP contribution in [0.1, 0.15) is 0 Å². The smallest absolute Gasteiger partial charge is 0.158 e. The molecule has 1 aliphatic rings. The summed E-state index contributed by atoms with van der Waals surface area (Å²) in [6, 6.07) is 9.75. The Morgan fingerprint density at radius 3 is 2.48 bits per heavy atom. The van der Waals surface area contributed by atoms with E-state index in [4.69, 9.17) is 23.2 Å². The predicted molar refractivity (Wildman–Crippen MR) is 98.5 cm³/mol. The number of nitrogens with one attached hydrogen (secondary N) is 1. The lowest BCUT2D eigenvalue weighted by Crippen LogP contribution is -2.43. The fourth-order valence-electron chi connectivity index (χ4n) is 2.36. The molecule has 114 valence electrons. The maximum atomic E-state index is 6.25. The summed E-state index contributed by atoms with van der Waals surface area (Å²) >= 11 is 14.2. The Morgan fingerprint density at radius 2 is 1.86 bits per heavy atom. The number of likely N-dealkylation sites (N-methyl/N-ethyl adjacent to an activating group) is 1. The molecule has 3 nitrogen and oxygen atoms in total. The quantitative estimate of drug-likeness (QED) is 0.788. The standard InChI is InChI=1S/C14H15Cl2N3S.BrH/c1-18-7-8-19(12-6-3-9-20-12)14(18)17-13-10(15)4-2-5-11(13)16;/h2-6,9,14,17H,7-8H2,1H3;1H. The molecule has 2 heterocycles. The predicted octanol–water partition coefficient (Wildman–Crippen LogP) is 4.78. The number of rotatable bonds is 3. The lowest BCUT2D eigenvalue weighted by atomic mass is 10.3. The Hall–Kier alpha value is -0.460. The van der Waals surface area contributed by atoms with E-state index in [9.17, 15) is 0 Å². The number of benzene rings is 1. The maximum absolute atomic E-state index is 6.25. The first kappa shape index (κ1) is 16.9. The number of thiophene rings is 1. The number of hydrogen-bond donors (Lipinski definition) is 1. The first-order chi connectivity index (χ1) is 9.66. The zero-order valence-electron chi connectivity index (χ0n) is 11.4. The lowest BCUT2D eigenvalue weighted by Gasteiger charge is -2.30. The number of anilines is 2. The molecule has 0 spiro atoms. The van der Waals surface area contributed by atoms with E-state index in [0.29, 0.717) is 10.0 Å². The monoisotopic (exact) mass is 407 g/mol. The van der Waals surface area contributed by atoms with Gasteiger partial charge < -0.3 is 10.2 Å². The second-order valence-electron chi connectivity index (χ2n) is 4.74. The Morgan fingerprint density at radius 1 is 1.14 bits per heavy atom. The minimum Gasteiger partial charge on any atom is -0.350 e. The second kappa shape index (κ2) is 7.20. The van der Waals surface area contributed by atoms with Gasteiger partial charge in [-0.05, 0) is 36.7 Å². The van der Waals surface area contributed by atoms with Crippen LogP contribution in [0.2, 0.25) is 10.0 Å². The summed E-state index contributed by atoms with van der Waals surface area (Å²) in [5.41, 5.74) is 0.788. The van der Waals surface area contributed by atoms with Crippen molar-refractivity contribution in [1.29, 1.82) is 0 Å². The van der Waals surface area contributed by atoms with Gasteiger partial charge in [0.25, 0.3) is 0 Å². The van der Waals surface area contributed by atoms with E-state index in [2.05, 4.69) is 39.7 Å². The maximum Gasteiger partial charge on any atom is 0.158 e. The van der Waals surface area contributed by atoms with Gasteiger partial charge in [-0.3, -0.25) is 4.90 Å². The van der Waals surface area contributed by atoms with Crippen LogP contribution >= 0.6 is 51.5 Å². The molecule has 1 atom stereocenters. The molecule has 1 N–H and O–H groups in total. The molecule has 2 aromatic rings. The van der Waals surface area contributed by atoms with Gasteiger partial charge in [-0.1, -0.05) is 29.3 Å². The van der Waals surface area contributed by atoms with E-state index >= 15 is 0 Å². The average molecular weight is 409 g/mol. The van der Waals surface area contributed by atoms with Crippen LogP contribution in [0.15, 0.2) is 35.7 Å². The SMILES string of the molecule is Br.CN1CCN(c2cccs2)C1Nc1c(Cl)cccc1Cl. The van der Waals surface area contributed by atoms with E-state index in [1.54, 1.807) is 11.3 Å². The molecule has 1 aliphatic heterocycles. The van der Waals surface area contributed by atoms with Crippen LogP contribution in [0.5, 0.6) is 0 Å². The summed E-state index contributed by atoms with van der Waals surface area (Å²) in [5.74, 6) is 0. The third-order valence-corrected chi connectivity index (χ3v) is 4.97. The van der Waals surface area contributed by atoms with Crippen molar-refractivity contribution in [3.8, 4) is 0 Å². The highest BCUT2D eigenvalue weighted by Crippen LogP contribution is 2.33. The van der Waals surface area contributed by atoms with Crippen molar-refractivity contribution in [3.63, 3.8) is 0 Å². The summed E-state index contributed by atoms with van der Waals surface area (Å²) < 4.78 is 0. The van der Waals surface area contributed by atoms with Gasteiger partial charge in [0.05, 0.1) is 20.7 Å². The van der Waals surface area contributed by atoms with Crippen LogP contribution in [-0.4, -0.2) is 31.3 Å². The first-order valence-electron chi connectivity index (χ1n) is 6.38. The van der Waals surface area contributed by atoms with Crippen LogP contribution < -0.4 is 10.2 Å². The topological polar surface area (TPSA) is 18.5 Å². The van der Waals surface area contributed by atoms with Gasteiger partial charge in [0, 0.05) is 13.1 Å².